The van der Waals surface area contributed by atoms with Crippen molar-refractivity contribution in [2.24, 2.45) is 0 Å². The van der Waals surface area contributed by atoms with Gasteiger partial charge in [-0.1, -0.05) is 0 Å². The molecule has 0 aliphatic carbocycles. The minimum Gasteiger partial charge on any atom is -0.468 e. The Labute approximate surface area is 68.8 Å². The Morgan fingerprint density at radius 2 is 2.55 bits per heavy atom. The lowest BCUT2D eigenvalue weighted by atomic mass is 10.3. The van der Waals surface area contributed by atoms with E-state index in [1.807, 2.05) is 11.4 Å². The number of nitrogen functional groups attached to an aromatic ring is 1. The molecular weight excluding hydrogens is 162 g/mol. The van der Waals surface area contributed by atoms with Crippen molar-refractivity contribution in [3.05, 3.63) is 16.3 Å². The average molecular weight is 171 g/mol. The van der Waals surface area contributed by atoms with Crippen LogP contribution in [0.2, 0.25) is 0 Å². The van der Waals surface area contributed by atoms with Gasteiger partial charge in [0.1, 0.15) is 0 Å². The lowest BCUT2D eigenvalue weighted by Crippen LogP contribution is -1.96. The van der Waals surface area contributed by atoms with Crippen molar-refractivity contribution in [2.75, 3.05) is 12.3 Å². The van der Waals surface area contributed by atoms with Crippen LogP contribution in [0.4, 0.5) is 5.69 Å². The van der Waals surface area contributed by atoms with E-state index in [2.05, 4.69) is 4.74 Å². The summed E-state index contributed by atoms with van der Waals surface area (Å²) < 4.78 is 4.53. The van der Waals surface area contributed by atoms with Crippen LogP contribution in [-0.4, -0.2) is 13.1 Å². The summed E-state index contributed by atoms with van der Waals surface area (Å²) in [6.07, 6.45) is 0.711. The van der Waals surface area contributed by atoms with Gasteiger partial charge in [-0.2, -0.15) is 0 Å². The molecule has 0 spiro atoms. The first-order chi connectivity index (χ1) is 5.34. The molecule has 0 radical (unpaired) electrons. The average Bonchev–Trinajstić information content (AvgIpc) is 2.37. The molecule has 4 heteroatoms. The van der Waals surface area contributed by atoms with E-state index >= 15 is 0 Å². The third kappa shape index (κ3) is 2.23. The predicted octanol–water partition coefficient (Wildman–Crippen LogP) is 1.05. The number of ether oxygens (including phenoxy) is 1. The fraction of sp³-hybridized carbons (Fsp3) is 0.286. The summed E-state index contributed by atoms with van der Waals surface area (Å²) >= 11 is 1.58. The van der Waals surface area contributed by atoms with Crippen LogP contribution in [0, 0.1) is 0 Å². The van der Waals surface area contributed by atoms with E-state index in [1.54, 1.807) is 11.3 Å². The summed E-state index contributed by atoms with van der Waals surface area (Å²) in [7, 11) is 0. The number of carbonyl (C=O) groups excluding carboxylic acids is 1. The van der Waals surface area contributed by atoms with Gasteiger partial charge in [-0.15, -0.1) is 11.3 Å². The molecule has 0 fully saturated rings. The minimum absolute atomic E-state index is 0.411. The van der Waals surface area contributed by atoms with Gasteiger partial charge in [0.05, 0.1) is 6.61 Å². The van der Waals surface area contributed by atoms with E-state index in [0.29, 0.717) is 19.5 Å². The largest absolute Gasteiger partial charge is 0.468 e. The van der Waals surface area contributed by atoms with Crippen molar-refractivity contribution in [3.8, 4) is 0 Å². The number of thiophene rings is 1. The smallest absolute Gasteiger partial charge is 0.293 e. The van der Waals surface area contributed by atoms with Crippen LogP contribution in [0.3, 0.4) is 0 Å². The summed E-state index contributed by atoms with van der Waals surface area (Å²) in [4.78, 5) is 10.8. The number of hydrogen-bond donors (Lipinski definition) is 1. The standard InChI is InChI=1S/C7H9NO2S/c8-6-2-4-11-7(6)1-3-10-5-9/h2,4-5H,1,3,8H2. The van der Waals surface area contributed by atoms with Crippen molar-refractivity contribution in [3.63, 3.8) is 0 Å². The molecule has 1 aromatic heterocycles. The van der Waals surface area contributed by atoms with E-state index in [0.717, 1.165) is 10.6 Å². The first-order valence-electron chi connectivity index (χ1n) is 3.21. The van der Waals surface area contributed by atoms with Gasteiger partial charge in [-0.25, -0.2) is 0 Å². The summed E-state index contributed by atoms with van der Waals surface area (Å²) in [5, 5.41) is 1.92. The molecule has 0 atom stereocenters. The number of hydrogen-bond acceptors (Lipinski definition) is 4. The lowest BCUT2D eigenvalue weighted by molar-refractivity contribution is -0.128. The molecule has 0 amide bonds. The molecule has 0 aliphatic rings. The molecule has 0 aliphatic heterocycles. The summed E-state index contributed by atoms with van der Waals surface area (Å²) in [5.74, 6) is 0. The normalized spacial score (nSPS) is 9.45. The quantitative estimate of drug-likeness (QED) is 0.544. The zero-order chi connectivity index (χ0) is 8.10. The second-order valence-electron chi connectivity index (χ2n) is 2.02. The molecule has 0 bridgehead atoms. The first-order valence-corrected chi connectivity index (χ1v) is 4.09. The van der Waals surface area contributed by atoms with E-state index in [1.165, 1.54) is 0 Å². The van der Waals surface area contributed by atoms with E-state index in [9.17, 15) is 4.79 Å². The lowest BCUT2D eigenvalue weighted by Gasteiger charge is -1.96. The second-order valence-corrected chi connectivity index (χ2v) is 3.02. The highest BCUT2D eigenvalue weighted by atomic mass is 32.1. The van der Waals surface area contributed by atoms with Gasteiger partial charge in [0.15, 0.2) is 0 Å². The maximum Gasteiger partial charge on any atom is 0.293 e. The monoisotopic (exact) mass is 171 g/mol. The molecule has 1 rings (SSSR count). The summed E-state index contributed by atoms with van der Waals surface area (Å²) in [6.45, 7) is 0.859. The van der Waals surface area contributed by atoms with Crippen LogP contribution in [0.15, 0.2) is 11.4 Å². The number of carbonyl (C=O) groups is 1. The molecule has 11 heavy (non-hydrogen) atoms. The van der Waals surface area contributed by atoms with Crippen LogP contribution < -0.4 is 5.73 Å². The van der Waals surface area contributed by atoms with Crippen molar-refractivity contribution in [1.29, 1.82) is 0 Å². The van der Waals surface area contributed by atoms with Crippen molar-refractivity contribution >= 4 is 23.5 Å². The SMILES string of the molecule is Nc1ccsc1CCOC=O. The Kier molecular flexibility index (Phi) is 2.92. The topological polar surface area (TPSA) is 52.3 Å². The Bertz CT molecular complexity index is 234. The first kappa shape index (κ1) is 8.07. The molecule has 2 N–H and O–H groups in total. The van der Waals surface area contributed by atoms with Gasteiger partial charge in [0.2, 0.25) is 0 Å². The highest BCUT2D eigenvalue weighted by Crippen LogP contribution is 2.18. The molecular formula is C7H9NO2S. The van der Waals surface area contributed by atoms with E-state index in [-0.39, 0.29) is 0 Å². The summed E-state index contributed by atoms with van der Waals surface area (Å²) in [6, 6.07) is 1.85. The van der Waals surface area contributed by atoms with E-state index in [4.69, 9.17) is 5.73 Å². The van der Waals surface area contributed by atoms with Gasteiger partial charge in [-0.3, -0.25) is 4.79 Å². The third-order valence-electron chi connectivity index (χ3n) is 1.29. The molecule has 0 aromatic carbocycles. The van der Waals surface area contributed by atoms with Crippen LogP contribution >= 0.6 is 11.3 Å². The Balaban J connectivity index is 2.38. The molecule has 1 aromatic rings. The predicted molar refractivity (Wildman–Crippen MR) is 44.5 cm³/mol. The number of anilines is 1. The number of rotatable bonds is 4. The van der Waals surface area contributed by atoms with Gasteiger partial charge in [0, 0.05) is 17.0 Å². The van der Waals surface area contributed by atoms with Crippen LogP contribution in [0.5, 0.6) is 0 Å². The molecule has 0 unspecified atom stereocenters. The molecule has 1 heterocycles. The Morgan fingerprint density at radius 1 is 1.73 bits per heavy atom. The van der Waals surface area contributed by atoms with Gasteiger partial charge in [0.25, 0.3) is 6.47 Å². The van der Waals surface area contributed by atoms with Crippen molar-refractivity contribution in [2.45, 2.75) is 6.42 Å². The Hall–Kier alpha value is -1.03. The second kappa shape index (κ2) is 3.98. The molecule has 0 saturated carbocycles. The van der Waals surface area contributed by atoms with Crippen LogP contribution in [-0.2, 0) is 16.0 Å². The zero-order valence-electron chi connectivity index (χ0n) is 5.95. The molecule has 60 valence electrons. The molecule has 3 nitrogen and oxygen atoms in total. The Morgan fingerprint density at radius 3 is 3.09 bits per heavy atom. The maximum atomic E-state index is 9.77. The van der Waals surface area contributed by atoms with E-state index < -0.39 is 0 Å². The third-order valence-corrected chi connectivity index (χ3v) is 2.29. The highest BCUT2D eigenvalue weighted by Gasteiger charge is 1.98. The highest BCUT2D eigenvalue weighted by molar-refractivity contribution is 7.10. The van der Waals surface area contributed by atoms with Crippen molar-refractivity contribution < 1.29 is 9.53 Å². The fourth-order valence-electron chi connectivity index (χ4n) is 0.753. The zero-order valence-corrected chi connectivity index (χ0v) is 6.76. The van der Waals surface area contributed by atoms with Crippen LogP contribution in [0.1, 0.15) is 4.88 Å². The molecule has 0 saturated heterocycles. The minimum atomic E-state index is 0.411. The van der Waals surface area contributed by atoms with Gasteiger partial charge < -0.3 is 10.5 Å². The fourth-order valence-corrected chi connectivity index (χ4v) is 1.54. The van der Waals surface area contributed by atoms with Crippen molar-refractivity contribution in [1.82, 2.24) is 0 Å². The van der Waals surface area contributed by atoms with Crippen LogP contribution in [0.25, 0.3) is 0 Å². The summed E-state index contributed by atoms with van der Waals surface area (Å²) in [5.41, 5.74) is 6.37. The van der Waals surface area contributed by atoms with Gasteiger partial charge >= 0.3 is 0 Å². The number of nitrogens with two attached hydrogens (primary N) is 1. The maximum absolute atomic E-state index is 9.77. The van der Waals surface area contributed by atoms with Gasteiger partial charge in [-0.05, 0) is 11.4 Å².